The van der Waals surface area contributed by atoms with Crippen LogP contribution in [0.5, 0.6) is 5.75 Å². The van der Waals surface area contributed by atoms with Crippen molar-refractivity contribution in [3.8, 4) is 16.9 Å². The maximum Gasteiger partial charge on any atom is 0.138 e. The number of phenols is 1. The normalized spacial score (nSPS) is 15.6. The summed E-state index contributed by atoms with van der Waals surface area (Å²) >= 11 is 0. The first-order chi connectivity index (χ1) is 11.8. The molecule has 0 saturated heterocycles. The first-order valence-corrected chi connectivity index (χ1v) is 7.92. The third-order valence-electron chi connectivity index (χ3n) is 4.66. The van der Waals surface area contributed by atoms with Gasteiger partial charge in [-0.05, 0) is 35.4 Å². The molecule has 0 aliphatic carbocycles. The summed E-state index contributed by atoms with van der Waals surface area (Å²) in [5.41, 5.74) is 6.60. The molecule has 1 atom stereocenters. The van der Waals surface area contributed by atoms with E-state index in [0.717, 1.165) is 27.8 Å². The van der Waals surface area contributed by atoms with Gasteiger partial charge in [0.15, 0.2) is 0 Å². The molecule has 24 heavy (non-hydrogen) atoms. The van der Waals surface area contributed by atoms with Gasteiger partial charge in [-0.15, -0.1) is 0 Å². The Morgan fingerprint density at radius 1 is 0.917 bits per heavy atom. The number of aromatic amines is 1. The van der Waals surface area contributed by atoms with E-state index in [4.69, 9.17) is 0 Å². The Morgan fingerprint density at radius 3 is 2.62 bits per heavy atom. The molecule has 1 aliphatic rings. The molecule has 2 aromatic heterocycles. The van der Waals surface area contributed by atoms with Crippen LogP contribution in [0.15, 0.2) is 67.0 Å². The van der Waals surface area contributed by atoms with E-state index < -0.39 is 0 Å². The van der Waals surface area contributed by atoms with E-state index in [1.165, 1.54) is 11.1 Å². The number of nitrogens with zero attached hydrogens (tertiary/aromatic N) is 1. The Morgan fingerprint density at radius 2 is 1.75 bits per heavy atom. The second-order valence-electron chi connectivity index (χ2n) is 6.04. The number of benzene rings is 2. The van der Waals surface area contributed by atoms with Gasteiger partial charge in [0.1, 0.15) is 11.4 Å². The highest BCUT2D eigenvalue weighted by atomic mass is 16.3. The van der Waals surface area contributed by atoms with Gasteiger partial charge in [-0.3, -0.25) is 0 Å². The average molecular weight is 313 g/mol. The Balaban J connectivity index is 1.83. The van der Waals surface area contributed by atoms with Crippen molar-refractivity contribution in [3.05, 3.63) is 78.1 Å². The monoisotopic (exact) mass is 313 g/mol. The molecule has 3 heterocycles. The number of nitrogens with one attached hydrogen (secondary N) is 2. The van der Waals surface area contributed by atoms with Crippen LogP contribution < -0.4 is 5.32 Å². The van der Waals surface area contributed by atoms with Gasteiger partial charge >= 0.3 is 0 Å². The first kappa shape index (κ1) is 13.2. The van der Waals surface area contributed by atoms with Crippen LogP contribution in [0.3, 0.4) is 0 Å². The number of aromatic hydroxyl groups is 1. The molecule has 5 rings (SSSR count). The van der Waals surface area contributed by atoms with Gasteiger partial charge in [0.25, 0.3) is 0 Å². The van der Waals surface area contributed by atoms with E-state index in [1.807, 2.05) is 30.6 Å². The summed E-state index contributed by atoms with van der Waals surface area (Å²) in [5, 5.41) is 14.4. The number of phenolic OH excluding ortho intramolecular Hbond substituents is 1. The Labute approximate surface area is 138 Å². The summed E-state index contributed by atoms with van der Waals surface area (Å²) in [7, 11) is 0. The molecule has 0 bridgehead atoms. The van der Waals surface area contributed by atoms with Gasteiger partial charge in [-0.2, -0.15) is 0 Å². The molecular formula is C20H15N3O. The largest absolute Gasteiger partial charge is 0.508 e. The molecule has 1 aliphatic heterocycles. The van der Waals surface area contributed by atoms with Crippen LogP contribution in [0.4, 0.5) is 5.69 Å². The predicted octanol–water partition coefficient (Wildman–Crippen LogP) is 4.45. The molecule has 0 radical (unpaired) electrons. The van der Waals surface area contributed by atoms with Crippen molar-refractivity contribution in [2.45, 2.75) is 6.04 Å². The highest BCUT2D eigenvalue weighted by molar-refractivity contribution is 6.01. The van der Waals surface area contributed by atoms with Gasteiger partial charge < -0.3 is 15.4 Å². The van der Waals surface area contributed by atoms with Gasteiger partial charge in [-0.1, -0.05) is 30.3 Å². The van der Waals surface area contributed by atoms with Crippen molar-refractivity contribution >= 4 is 16.7 Å². The lowest BCUT2D eigenvalue weighted by atomic mass is 9.97. The standard InChI is InChI=1S/C20H15N3O/c24-13-7-5-12(6-8-13)19-16-11-22-20-18(16)15(9-10-21-20)14-3-1-2-4-17(14)23-19/h1-11,19,23-24H,(H,21,22). The van der Waals surface area contributed by atoms with Crippen LogP contribution in [0, 0.1) is 0 Å². The lowest BCUT2D eigenvalue weighted by molar-refractivity contribution is 0.475. The van der Waals surface area contributed by atoms with Crippen LogP contribution in [0.1, 0.15) is 17.2 Å². The summed E-state index contributed by atoms with van der Waals surface area (Å²) in [4.78, 5) is 7.77. The van der Waals surface area contributed by atoms with Crippen molar-refractivity contribution in [1.82, 2.24) is 9.97 Å². The molecule has 0 fully saturated rings. The van der Waals surface area contributed by atoms with Gasteiger partial charge in [0.2, 0.25) is 0 Å². The fourth-order valence-electron chi connectivity index (χ4n) is 3.54. The van der Waals surface area contributed by atoms with E-state index in [0.29, 0.717) is 0 Å². The van der Waals surface area contributed by atoms with Crippen molar-refractivity contribution in [2.24, 2.45) is 0 Å². The molecule has 4 nitrogen and oxygen atoms in total. The fraction of sp³-hybridized carbons (Fsp3) is 0.0500. The number of anilines is 1. The van der Waals surface area contributed by atoms with E-state index in [-0.39, 0.29) is 11.8 Å². The molecule has 1 unspecified atom stereocenters. The number of fused-ring (bicyclic) bond motifs is 2. The first-order valence-electron chi connectivity index (χ1n) is 7.92. The van der Waals surface area contributed by atoms with Crippen LogP contribution in [-0.2, 0) is 0 Å². The minimum Gasteiger partial charge on any atom is -0.508 e. The Kier molecular flexibility index (Phi) is 2.67. The maximum atomic E-state index is 9.60. The second kappa shape index (κ2) is 4.86. The average Bonchev–Trinajstić information content (AvgIpc) is 2.98. The zero-order valence-corrected chi connectivity index (χ0v) is 12.8. The number of para-hydroxylation sites is 1. The SMILES string of the molecule is Oc1ccc(C2Nc3ccccc3-c3ccnc4[nH]cc2c34)cc1. The van der Waals surface area contributed by atoms with Crippen molar-refractivity contribution in [2.75, 3.05) is 5.32 Å². The number of aromatic nitrogens is 2. The van der Waals surface area contributed by atoms with Gasteiger partial charge in [-0.25, -0.2) is 4.98 Å². The zero-order valence-electron chi connectivity index (χ0n) is 12.8. The van der Waals surface area contributed by atoms with Crippen LogP contribution >= 0.6 is 0 Å². The molecule has 116 valence electrons. The summed E-state index contributed by atoms with van der Waals surface area (Å²) in [6.07, 6.45) is 3.87. The van der Waals surface area contributed by atoms with E-state index >= 15 is 0 Å². The minimum atomic E-state index is -0.00838. The molecule has 4 aromatic rings. The molecular weight excluding hydrogens is 298 g/mol. The van der Waals surface area contributed by atoms with Crippen molar-refractivity contribution in [1.29, 1.82) is 0 Å². The van der Waals surface area contributed by atoms with Crippen molar-refractivity contribution in [3.63, 3.8) is 0 Å². The summed E-state index contributed by atoms with van der Waals surface area (Å²) in [6.45, 7) is 0. The molecule has 3 N–H and O–H groups in total. The number of H-pyrrole nitrogens is 1. The highest BCUT2D eigenvalue weighted by Crippen LogP contribution is 2.43. The molecule has 2 aromatic carbocycles. The highest BCUT2D eigenvalue weighted by Gasteiger charge is 2.25. The maximum absolute atomic E-state index is 9.60. The lowest BCUT2D eigenvalue weighted by Crippen LogP contribution is -2.11. The number of hydrogen-bond acceptors (Lipinski definition) is 3. The number of hydrogen-bond donors (Lipinski definition) is 3. The predicted molar refractivity (Wildman–Crippen MR) is 95.1 cm³/mol. The fourth-order valence-corrected chi connectivity index (χ4v) is 3.54. The number of rotatable bonds is 1. The lowest BCUT2D eigenvalue weighted by Gasteiger charge is -2.19. The van der Waals surface area contributed by atoms with Crippen LogP contribution in [-0.4, -0.2) is 15.1 Å². The molecule has 0 amide bonds. The summed E-state index contributed by atoms with van der Waals surface area (Å²) < 4.78 is 0. The number of pyridine rings is 1. The summed E-state index contributed by atoms with van der Waals surface area (Å²) in [6, 6.07) is 17.7. The van der Waals surface area contributed by atoms with Crippen LogP contribution in [0.25, 0.3) is 22.2 Å². The van der Waals surface area contributed by atoms with E-state index in [9.17, 15) is 5.11 Å². The smallest absolute Gasteiger partial charge is 0.138 e. The topological polar surface area (TPSA) is 60.9 Å². The third-order valence-corrected chi connectivity index (χ3v) is 4.66. The Hall–Kier alpha value is -3.27. The van der Waals surface area contributed by atoms with E-state index in [1.54, 1.807) is 12.1 Å². The molecule has 0 spiro atoms. The second-order valence-corrected chi connectivity index (χ2v) is 6.04. The Bertz CT molecular complexity index is 1050. The minimum absolute atomic E-state index is 0.00838. The zero-order chi connectivity index (χ0) is 16.1. The quantitative estimate of drug-likeness (QED) is 0.486. The van der Waals surface area contributed by atoms with Crippen LogP contribution in [0.2, 0.25) is 0 Å². The third kappa shape index (κ3) is 1.83. The van der Waals surface area contributed by atoms with Gasteiger partial charge in [0.05, 0.1) is 6.04 Å². The molecule has 4 heteroatoms. The summed E-state index contributed by atoms with van der Waals surface area (Å²) in [5.74, 6) is 0.272. The van der Waals surface area contributed by atoms with Crippen molar-refractivity contribution < 1.29 is 5.11 Å². The molecule has 0 saturated carbocycles. The van der Waals surface area contributed by atoms with Gasteiger partial charge in [0, 0.05) is 34.6 Å². The van der Waals surface area contributed by atoms with E-state index in [2.05, 4.69) is 39.6 Å².